The van der Waals surface area contributed by atoms with E-state index in [-0.39, 0.29) is 12.3 Å². The zero-order valence-corrected chi connectivity index (χ0v) is 14.3. The van der Waals surface area contributed by atoms with Crippen LogP contribution in [0.15, 0.2) is 46.9 Å². The molecule has 0 spiro atoms. The summed E-state index contributed by atoms with van der Waals surface area (Å²) in [5.74, 6) is -0.0776. The summed E-state index contributed by atoms with van der Waals surface area (Å²) >= 11 is 11.7. The fourth-order valence-corrected chi connectivity index (χ4v) is 2.56. The standard InChI is InChI=1S/C14H10BrClINO/c15-11-6-5-10(8-13(11)17)18-14(19)7-9-3-1-2-4-12(9)16/h1-6,8H,7H2,(H,18,19). The zero-order chi connectivity index (χ0) is 13.8. The molecule has 1 amide bonds. The maximum Gasteiger partial charge on any atom is 0.228 e. The van der Waals surface area contributed by atoms with Gasteiger partial charge in [0.1, 0.15) is 0 Å². The maximum atomic E-state index is 11.9. The summed E-state index contributed by atoms with van der Waals surface area (Å²) in [4.78, 5) is 11.9. The number of rotatable bonds is 3. The smallest absolute Gasteiger partial charge is 0.228 e. The van der Waals surface area contributed by atoms with E-state index in [1.165, 1.54) is 0 Å². The molecule has 0 aliphatic rings. The third-order valence-corrected chi connectivity index (χ3v) is 5.21. The average molecular weight is 451 g/mol. The molecule has 98 valence electrons. The molecule has 2 aromatic rings. The molecule has 1 N–H and O–H groups in total. The van der Waals surface area contributed by atoms with Crippen molar-refractivity contribution in [2.45, 2.75) is 6.42 Å². The number of carbonyl (C=O) groups is 1. The number of hydrogen-bond acceptors (Lipinski definition) is 1. The Labute approximate surface area is 138 Å². The second-order valence-electron chi connectivity index (χ2n) is 3.95. The molecule has 19 heavy (non-hydrogen) atoms. The van der Waals surface area contributed by atoms with Crippen LogP contribution in [-0.4, -0.2) is 5.91 Å². The van der Waals surface area contributed by atoms with E-state index in [0.29, 0.717) is 5.02 Å². The lowest BCUT2D eigenvalue weighted by Gasteiger charge is -2.07. The van der Waals surface area contributed by atoms with E-state index >= 15 is 0 Å². The molecule has 0 radical (unpaired) electrons. The van der Waals surface area contributed by atoms with Crippen LogP contribution in [0, 0.1) is 3.57 Å². The summed E-state index contributed by atoms with van der Waals surface area (Å²) in [5, 5.41) is 3.48. The second-order valence-corrected chi connectivity index (χ2v) is 6.37. The van der Waals surface area contributed by atoms with E-state index in [1.807, 2.05) is 36.4 Å². The average Bonchev–Trinajstić information content (AvgIpc) is 2.37. The summed E-state index contributed by atoms with van der Waals surface area (Å²) < 4.78 is 2.06. The minimum Gasteiger partial charge on any atom is -0.326 e. The molecule has 0 bridgehead atoms. The van der Waals surface area contributed by atoms with Gasteiger partial charge in [-0.25, -0.2) is 0 Å². The number of halogens is 3. The van der Waals surface area contributed by atoms with Gasteiger partial charge in [-0.15, -0.1) is 0 Å². The van der Waals surface area contributed by atoms with Crippen molar-refractivity contribution in [3.05, 3.63) is 61.1 Å². The van der Waals surface area contributed by atoms with Gasteiger partial charge in [-0.05, 0) is 68.3 Å². The SMILES string of the molecule is O=C(Cc1ccccc1Cl)Nc1ccc(Br)c(I)c1. The largest absolute Gasteiger partial charge is 0.326 e. The molecular formula is C14H10BrClINO. The van der Waals surface area contributed by atoms with Gasteiger partial charge in [0.15, 0.2) is 0 Å². The first-order chi connectivity index (χ1) is 9.06. The van der Waals surface area contributed by atoms with Crippen LogP contribution in [-0.2, 0) is 11.2 Å². The molecular weight excluding hydrogens is 440 g/mol. The Bertz CT molecular complexity index is 618. The first-order valence-electron chi connectivity index (χ1n) is 5.54. The molecule has 0 aromatic heterocycles. The van der Waals surface area contributed by atoms with E-state index in [1.54, 1.807) is 6.07 Å². The van der Waals surface area contributed by atoms with Gasteiger partial charge in [0.25, 0.3) is 0 Å². The van der Waals surface area contributed by atoms with Crippen LogP contribution < -0.4 is 5.32 Å². The van der Waals surface area contributed by atoms with Gasteiger partial charge in [0.05, 0.1) is 6.42 Å². The highest BCUT2D eigenvalue weighted by Gasteiger charge is 2.07. The van der Waals surface area contributed by atoms with Crippen LogP contribution in [0.2, 0.25) is 5.02 Å². The van der Waals surface area contributed by atoms with Crippen LogP contribution in [0.3, 0.4) is 0 Å². The van der Waals surface area contributed by atoms with Crippen molar-refractivity contribution in [2.24, 2.45) is 0 Å². The van der Waals surface area contributed by atoms with Crippen LogP contribution in [0.1, 0.15) is 5.56 Å². The second kappa shape index (κ2) is 6.72. The summed E-state index contributed by atoms with van der Waals surface area (Å²) in [5.41, 5.74) is 1.61. The Morgan fingerprint density at radius 2 is 2.00 bits per heavy atom. The molecule has 0 unspecified atom stereocenters. The number of anilines is 1. The van der Waals surface area contributed by atoms with Crippen molar-refractivity contribution in [1.29, 1.82) is 0 Å². The van der Waals surface area contributed by atoms with Gasteiger partial charge in [-0.3, -0.25) is 4.79 Å². The maximum absolute atomic E-state index is 11.9. The fourth-order valence-electron chi connectivity index (χ4n) is 1.59. The van der Waals surface area contributed by atoms with E-state index in [0.717, 1.165) is 19.3 Å². The summed E-state index contributed by atoms with van der Waals surface area (Å²) in [6.07, 6.45) is 0.270. The predicted molar refractivity (Wildman–Crippen MR) is 90.6 cm³/mol. The van der Waals surface area contributed by atoms with Gasteiger partial charge in [0, 0.05) is 18.8 Å². The molecule has 2 rings (SSSR count). The summed E-state index contributed by atoms with van der Waals surface area (Å²) in [7, 11) is 0. The van der Waals surface area contributed by atoms with Crippen molar-refractivity contribution < 1.29 is 4.79 Å². The normalized spacial score (nSPS) is 10.3. The van der Waals surface area contributed by atoms with Gasteiger partial charge in [-0.1, -0.05) is 29.8 Å². The summed E-state index contributed by atoms with van der Waals surface area (Å²) in [6.45, 7) is 0. The van der Waals surface area contributed by atoms with E-state index in [2.05, 4.69) is 43.8 Å². The highest BCUT2D eigenvalue weighted by molar-refractivity contribution is 14.1. The number of nitrogens with one attached hydrogen (secondary N) is 1. The summed E-state index contributed by atoms with van der Waals surface area (Å²) in [6, 6.07) is 13.0. The highest BCUT2D eigenvalue weighted by atomic mass is 127. The lowest BCUT2D eigenvalue weighted by atomic mass is 10.1. The van der Waals surface area contributed by atoms with Crippen molar-refractivity contribution in [2.75, 3.05) is 5.32 Å². The first kappa shape index (κ1) is 14.8. The Kier molecular flexibility index (Phi) is 5.24. The number of carbonyl (C=O) groups excluding carboxylic acids is 1. The topological polar surface area (TPSA) is 29.1 Å². The van der Waals surface area contributed by atoms with E-state index in [9.17, 15) is 4.79 Å². The lowest BCUT2D eigenvalue weighted by molar-refractivity contribution is -0.115. The van der Waals surface area contributed by atoms with E-state index in [4.69, 9.17) is 11.6 Å². The number of amides is 1. The van der Waals surface area contributed by atoms with Gasteiger partial charge in [0.2, 0.25) is 5.91 Å². The van der Waals surface area contributed by atoms with Gasteiger partial charge >= 0.3 is 0 Å². The van der Waals surface area contributed by atoms with Crippen LogP contribution in [0.5, 0.6) is 0 Å². The number of hydrogen-bond donors (Lipinski definition) is 1. The third kappa shape index (κ3) is 4.19. The zero-order valence-electron chi connectivity index (χ0n) is 9.79. The Balaban J connectivity index is 2.05. The Hall–Kier alpha value is -0.590. The van der Waals surface area contributed by atoms with Crippen molar-refractivity contribution in [3.8, 4) is 0 Å². The molecule has 5 heteroatoms. The molecule has 2 nitrogen and oxygen atoms in total. The van der Waals surface area contributed by atoms with Crippen LogP contribution in [0.25, 0.3) is 0 Å². The number of benzene rings is 2. The lowest BCUT2D eigenvalue weighted by Crippen LogP contribution is -2.14. The van der Waals surface area contributed by atoms with E-state index < -0.39 is 0 Å². The molecule has 0 aliphatic carbocycles. The first-order valence-corrected chi connectivity index (χ1v) is 7.79. The quantitative estimate of drug-likeness (QED) is 0.663. The van der Waals surface area contributed by atoms with Crippen molar-refractivity contribution in [3.63, 3.8) is 0 Å². The Morgan fingerprint density at radius 1 is 1.26 bits per heavy atom. The highest BCUT2D eigenvalue weighted by Crippen LogP contribution is 2.23. The minimum absolute atomic E-state index is 0.0776. The fraction of sp³-hybridized carbons (Fsp3) is 0.0714. The predicted octanol–water partition coefficient (Wildman–Crippen LogP) is 4.89. The van der Waals surface area contributed by atoms with Crippen LogP contribution >= 0.6 is 50.1 Å². The minimum atomic E-state index is -0.0776. The molecule has 0 saturated heterocycles. The Morgan fingerprint density at radius 3 is 2.68 bits per heavy atom. The van der Waals surface area contributed by atoms with Crippen LogP contribution in [0.4, 0.5) is 5.69 Å². The molecule has 2 aromatic carbocycles. The molecule has 0 saturated carbocycles. The van der Waals surface area contributed by atoms with Gasteiger partial charge in [-0.2, -0.15) is 0 Å². The van der Waals surface area contributed by atoms with Gasteiger partial charge < -0.3 is 5.32 Å². The monoisotopic (exact) mass is 449 g/mol. The molecule has 0 atom stereocenters. The molecule has 0 aliphatic heterocycles. The van der Waals surface area contributed by atoms with Crippen molar-refractivity contribution >= 4 is 61.7 Å². The molecule has 0 heterocycles. The third-order valence-electron chi connectivity index (χ3n) is 2.51. The van der Waals surface area contributed by atoms with Crippen molar-refractivity contribution in [1.82, 2.24) is 0 Å². The molecule has 0 fully saturated rings.